The quantitative estimate of drug-likeness (QED) is 0.334. The molecule has 1 unspecified atom stereocenters. The molecule has 0 spiro atoms. The van der Waals surface area contributed by atoms with Crippen LogP contribution in [-0.2, 0) is 6.54 Å². The van der Waals surface area contributed by atoms with E-state index in [2.05, 4.69) is 31.1 Å². The van der Waals surface area contributed by atoms with E-state index < -0.39 is 4.92 Å². The lowest BCUT2D eigenvalue weighted by atomic mass is 10.0. The zero-order valence-electron chi connectivity index (χ0n) is 13.6. The van der Waals surface area contributed by atoms with Crippen LogP contribution in [0.15, 0.2) is 29.3 Å². The minimum atomic E-state index is -0.415. The molecular formula is C16H26N4O2. The second kappa shape index (κ2) is 9.02. The molecular weight excluding hydrogens is 280 g/mol. The molecule has 0 radical (unpaired) electrons. The molecule has 6 heteroatoms. The topological polar surface area (TPSA) is 93.5 Å². The second-order valence-electron chi connectivity index (χ2n) is 6.00. The number of non-ortho nitro benzene ring substituents is 1. The summed E-state index contributed by atoms with van der Waals surface area (Å²) in [4.78, 5) is 14.4. The van der Waals surface area contributed by atoms with E-state index in [-0.39, 0.29) is 5.69 Å². The van der Waals surface area contributed by atoms with Crippen molar-refractivity contribution in [1.29, 1.82) is 0 Å². The van der Waals surface area contributed by atoms with Crippen molar-refractivity contribution in [3.63, 3.8) is 0 Å². The van der Waals surface area contributed by atoms with Crippen LogP contribution in [0.1, 0.15) is 45.6 Å². The van der Waals surface area contributed by atoms with Crippen molar-refractivity contribution in [2.45, 2.75) is 52.6 Å². The first kappa shape index (κ1) is 17.9. The van der Waals surface area contributed by atoms with Crippen LogP contribution in [0.25, 0.3) is 0 Å². The standard InChI is InChI=1S/C16H26N4O2/c1-12(2)5-4-6-13(3)19-16(17)18-11-14-7-9-15(10-8-14)20(21)22/h7-10,12-13H,4-6,11H2,1-3H3,(H3,17,18,19). The monoisotopic (exact) mass is 306 g/mol. The summed E-state index contributed by atoms with van der Waals surface area (Å²) in [5.41, 5.74) is 6.84. The van der Waals surface area contributed by atoms with Crippen LogP contribution >= 0.6 is 0 Å². The van der Waals surface area contributed by atoms with Gasteiger partial charge in [0.05, 0.1) is 11.5 Å². The highest BCUT2D eigenvalue weighted by molar-refractivity contribution is 5.78. The molecule has 0 fully saturated rings. The summed E-state index contributed by atoms with van der Waals surface area (Å²) in [6.45, 7) is 6.94. The number of hydrogen-bond donors (Lipinski definition) is 2. The van der Waals surface area contributed by atoms with Gasteiger partial charge in [-0.05, 0) is 24.8 Å². The van der Waals surface area contributed by atoms with Gasteiger partial charge in [-0.25, -0.2) is 4.99 Å². The van der Waals surface area contributed by atoms with Gasteiger partial charge in [0.25, 0.3) is 5.69 Å². The molecule has 0 heterocycles. The van der Waals surface area contributed by atoms with Gasteiger partial charge in [0.1, 0.15) is 0 Å². The fourth-order valence-corrected chi connectivity index (χ4v) is 2.10. The molecule has 0 aliphatic rings. The Kier molecular flexibility index (Phi) is 7.36. The highest BCUT2D eigenvalue weighted by Gasteiger charge is 2.05. The second-order valence-corrected chi connectivity index (χ2v) is 6.00. The van der Waals surface area contributed by atoms with Gasteiger partial charge >= 0.3 is 0 Å². The van der Waals surface area contributed by atoms with Gasteiger partial charge in [0, 0.05) is 18.2 Å². The maximum absolute atomic E-state index is 10.6. The molecule has 0 amide bonds. The van der Waals surface area contributed by atoms with E-state index in [9.17, 15) is 10.1 Å². The molecule has 0 aliphatic heterocycles. The lowest BCUT2D eigenvalue weighted by Crippen LogP contribution is -2.38. The number of hydrogen-bond acceptors (Lipinski definition) is 3. The van der Waals surface area contributed by atoms with Crippen LogP contribution in [0.5, 0.6) is 0 Å². The Hall–Kier alpha value is -2.11. The number of nitrogens with two attached hydrogens (primary N) is 1. The highest BCUT2D eigenvalue weighted by Crippen LogP contribution is 2.12. The van der Waals surface area contributed by atoms with Crippen LogP contribution < -0.4 is 11.1 Å². The summed E-state index contributed by atoms with van der Waals surface area (Å²) >= 11 is 0. The fourth-order valence-electron chi connectivity index (χ4n) is 2.10. The number of benzene rings is 1. The van der Waals surface area contributed by atoms with E-state index in [1.165, 1.54) is 25.0 Å². The third-order valence-electron chi connectivity index (χ3n) is 3.39. The van der Waals surface area contributed by atoms with Gasteiger partial charge in [-0.1, -0.05) is 38.8 Å². The molecule has 0 aromatic heterocycles. The average molecular weight is 306 g/mol. The van der Waals surface area contributed by atoms with E-state index >= 15 is 0 Å². The molecule has 1 aromatic carbocycles. The lowest BCUT2D eigenvalue weighted by Gasteiger charge is -2.15. The maximum Gasteiger partial charge on any atom is 0.269 e. The molecule has 0 saturated heterocycles. The smallest absolute Gasteiger partial charge is 0.269 e. The maximum atomic E-state index is 10.6. The summed E-state index contributed by atoms with van der Waals surface area (Å²) in [5.74, 6) is 1.13. The molecule has 6 nitrogen and oxygen atoms in total. The van der Waals surface area contributed by atoms with E-state index in [0.29, 0.717) is 18.5 Å². The molecule has 0 saturated carbocycles. The highest BCUT2D eigenvalue weighted by atomic mass is 16.6. The first-order chi connectivity index (χ1) is 10.4. The predicted octanol–water partition coefficient (Wildman–Crippen LogP) is 3.21. The van der Waals surface area contributed by atoms with Gasteiger partial charge in [-0.2, -0.15) is 0 Å². The molecule has 0 aliphatic carbocycles. The molecule has 1 rings (SSSR count). The van der Waals surface area contributed by atoms with Crippen molar-refractivity contribution in [2.75, 3.05) is 0 Å². The predicted molar refractivity (Wildman–Crippen MR) is 89.7 cm³/mol. The number of nitro benzene ring substituents is 1. The van der Waals surface area contributed by atoms with Gasteiger partial charge in [-0.3, -0.25) is 10.1 Å². The van der Waals surface area contributed by atoms with Crippen molar-refractivity contribution >= 4 is 11.6 Å². The van der Waals surface area contributed by atoms with Gasteiger partial charge in [0.2, 0.25) is 0 Å². The van der Waals surface area contributed by atoms with Crippen LogP contribution in [0.4, 0.5) is 5.69 Å². The molecule has 1 aromatic rings. The first-order valence-corrected chi connectivity index (χ1v) is 7.68. The number of nitro groups is 1. The van der Waals surface area contributed by atoms with Gasteiger partial charge < -0.3 is 11.1 Å². The average Bonchev–Trinajstić information content (AvgIpc) is 2.45. The molecule has 3 N–H and O–H groups in total. The Balaban J connectivity index is 2.40. The summed E-state index contributed by atoms with van der Waals surface area (Å²) < 4.78 is 0. The Bertz CT molecular complexity index is 497. The number of guanidine groups is 1. The Morgan fingerprint density at radius 3 is 2.45 bits per heavy atom. The molecule has 122 valence electrons. The van der Waals surface area contributed by atoms with Gasteiger partial charge in [0.15, 0.2) is 5.96 Å². The SMILES string of the molecule is CC(C)CCCC(C)NC(N)=NCc1ccc([N+](=O)[O-])cc1. The van der Waals surface area contributed by atoms with Crippen molar-refractivity contribution in [3.8, 4) is 0 Å². The van der Waals surface area contributed by atoms with Crippen molar-refractivity contribution in [3.05, 3.63) is 39.9 Å². The third kappa shape index (κ3) is 7.06. The Morgan fingerprint density at radius 1 is 1.27 bits per heavy atom. The zero-order valence-corrected chi connectivity index (χ0v) is 13.6. The van der Waals surface area contributed by atoms with Crippen molar-refractivity contribution in [2.24, 2.45) is 16.6 Å². The van der Waals surface area contributed by atoms with Crippen LogP contribution in [0.3, 0.4) is 0 Å². The van der Waals surface area contributed by atoms with Crippen LogP contribution in [-0.4, -0.2) is 16.9 Å². The summed E-state index contributed by atoms with van der Waals surface area (Å²) in [7, 11) is 0. The third-order valence-corrected chi connectivity index (χ3v) is 3.39. The molecule has 22 heavy (non-hydrogen) atoms. The van der Waals surface area contributed by atoms with Crippen molar-refractivity contribution in [1.82, 2.24) is 5.32 Å². The van der Waals surface area contributed by atoms with Gasteiger partial charge in [-0.15, -0.1) is 0 Å². The summed E-state index contributed by atoms with van der Waals surface area (Å²) in [5, 5.41) is 13.7. The van der Waals surface area contributed by atoms with E-state index in [0.717, 1.165) is 17.9 Å². The Morgan fingerprint density at radius 2 is 1.91 bits per heavy atom. The molecule has 0 bridgehead atoms. The number of nitrogens with one attached hydrogen (secondary N) is 1. The number of nitrogens with zero attached hydrogens (tertiary/aromatic N) is 2. The number of rotatable bonds is 8. The van der Waals surface area contributed by atoms with E-state index in [1.807, 2.05) is 0 Å². The Labute approximate surface area is 132 Å². The first-order valence-electron chi connectivity index (χ1n) is 7.68. The zero-order chi connectivity index (χ0) is 16.5. The largest absolute Gasteiger partial charge is 0.370 e. The normalized spacial score (nSPS) is 13.2. The van der Waals surface area contributed by atoms with Crippen LogP contribution in [0, 0.1) is 16.0 Å². The molecule has 1 atom stereocenters. The number of aliphatic imine (C=N–C) groups is 1. The summed E-state index contributed by atoms with van der Waals surface area (Å²) in [6.07, 6.45) is 3.44. The van der Waals surface area contributed by atoms with E-state index in [1.54, 1.807) is 12.1 Å². The minimum Gasteiger partial charge on any atom is -0.370 e. The minimum absolute atomic E-state index is 0.0811. The van der Waals surface area contributed by atoms with E-state index in [4.69, 9.17) is 5.73 Å². The lowest BCUT2D eigenvalue weighted by molar-refractivity contribution is -0.384. The van der Waals surface area contributed by atoms with Crippen molar-refractivity contribution < 1.29 is 4.92 Å². The van der Waals surface area contributed by atoms with Crippen LogP contribution in [0.2, 0.25) is 0 Å². The summed E-state index contributed by atoms with van der Waals surface area (Å²) in [6, 6.07) is 6.63. The fraction of sp³-hybridized carbons (Fsp3) is 0.562.